The highest BCUT2D eigenvalue weighted by Crippen LogP contribution is 2.25. The van der Waals surface area contributed by atoms with Crippen molar-refractivity contribution in [3.63, 3.8) is 0 Å². The number of hydrogen-bond acceptors (Lipinski definition) is 4. The van der Waals surface area contributed by atoms with Crippen molar-refractivity contribution in [2.75, 3.05) is 12.4 Å². The Morgan fingerprint density at radius 2 is 2.06 bits per heavy atom. The molecule has 0 atom stereocenters. The molecule has 0 radical (unpaired) electrons. The number of thiophene rings is 1. The molecule has 2 aromatic rings. The summed E-state index contributed by atoms with van der Waals surface area (Å²) in [6.45, 7) is 0.497. The third-order valence-electron chi connectivity index (χ3n) is 2.18. The minimum atomic E-state index is -0.935. The molecule has 0 aliphatic carbocycles. The van der Waals surface area contributed by atoms with Gasteiger partial charge in [-0.15, -0.1) is 23.1 Å². The van der Waals surface area contributed by atoms with Gasteiger partial charge in [0.1, 0.15) is 5.75 Å². The zero-order valence-corrected chi connectivity index (χ0v) is 11.2. The zero-order chi connectivity index (χ0) is 12.8. The molecule has 0 bridgehead atoms. The molecule has 1 aromatic heterocycles. The van der Waals surface area contributed by atoms with E-state index in [0.717, 1.165) is 5.75 Å². The second-order valence-electron chi connectivity index (χ2n) is 3.43. The molecule has 3 nitrogen and oxygen atoms in total. The largest absolute Gasteiger partial charge is 0.491 e. The number of ether oxygens (including phenoxy) is 1. The Labute approximate surface area is 113 Å². The average Bonchev–Trinajstić information content (AvgIpc) is 2.84. The van der Waals surface area contributed by atoms with E-state index in [0.29, 0.717) is 12.4 Å². The first kappa shape index (κ1) is 13.0. The van der Waals surface area contributed by atoms with Crippen LogP contribution in [0.25, 0.3) is 0 Å². The van der Waals surface area contributed by atoms with E-state index in [4.69, 9.17) is 9.84 Å². The number of thioether (sulfide) groups is 1. The van der Waals surface area contributed by atoms with Gasteiger partial charge in [0.25, 0.3) is 0 Å². The molecule has 5 heteroatoms. The fraction of sp³-hybridized carbons (Fsp3) is 0.154. The number of rotatable bonds is 6. The summed E-state index contributed by atoms with van der Waals surface area (Å²) in [5.41, 5.74) is 0. The van der Waals surface area contributed by atoms with Gasteiger partial charge in [0.05, 0.1) is 6.61 Å². The molecule has 1 heterocycles. The predicted molar refractivity (Wildman–Crippen MR) is 73.9 cm³/mol. The molecule has 0 fully saturated rings. The van der Waals surface area contributed by atoms with Crippen molar-refractivity contribution in [1.82, 2.24) is 0 Å². The van der Waals surface area contributed by atoms with Gasteiger partial charge in [0, 0.05) is 10.6 Å². The first-order valence-corrected chi connectivity index (χ1v) is 7.25. The Kier molecular flexibility index (Phi) is 4.66. The van der Waals surface area contributed by atoms with Gasteiger partial charge >= 0.3 is 5.97 Å². The predicted octanol–water partition coefficient (Wildman–Crippen LogP) is 3.62. The van der Waals surface area contributed by atoms with Gasteiger partial charge in [-0.3, -0.25) is 0 Å². The monoisotopic (exact) mass is 280 g/mol. The van der Waals surface area contributed by atoms with E-state index in [-0.39, 0.29) is 4.88 Å². The summed E-state index contributed by atoms with van der Waals surface area (Å²) in [5, 5.41) is 10.6. The molecule has 0 aliphatic heterocycles. The third-order valence-corrected chi connectivity index (χ3v) is 4.04. The number of benzene rings is 1. The van der Waals surface area contributed by atoms with E-state index >= 15 is 0 Å². The van der Waals surface area contributed by atoms with Crippen molar-refractivity contribution in [2.24, 2.45) is 0 Å². The Morgan fingerprint density at radius 1 is 1.28 bits per heavy atom. The number of carbonyl (C=O) groups is 1. The van der Waals surface area contributed by atoms with Gasteiger partial charge in [-0.05, 0) is 23.6 Å². The summed E-state index contributed by atoms with van der Waals surface area (Å²) >= 11 is 2.87. The molecule has 0 unspecified atom stereocenters. The second kappa shape index (κ2) is 6.47. The summed E-state index contributed by atoms with van der Waals surface area (Å²) in [6.07, 6.45) is 0. The van der Waals surface area contributed by atoms with E-state index in [1.165, 1.54) is 16.2 Å². The van der Waals surface area contributed by atoms with Crippen LogP contribution in [0.3, 0.4) is 0 Å². The van der Waals surface area contributed by atoms with Crippen molar-refractivity contribution >= 4 is 29.1 Å². The van der Waals surface area contributed by atoms with Crippen molar-refractivity contribution in [2.45, 2.75) is 4.90 Å². The lowest BCUT2D eigenvalue weighted by Crippen LogP contribution is -2.03. The molecular weight excluding hydrogens is 268 g/mol. The van der Waals surface area contributed by atoms with Gasteiger partial charge in [-0.25, -0.2) is 4.79 Å². The van der Waals surface area contributed by atoms with Gasteiger partial charge in [0.2, 0.25) is 0 Å². The topological polar surface area (TPSA) is 46.5 Å². The molecule has 18 heavy (non-hydrogen) atoms. The highest BCUT2D eigenvalue weighted by molar-refractivity contribution is 7.99. The minimum absolute atomic E-state index is 0.264. The Morgan fingerprint density at radius 3 is 2.78 bits per heavy atom. The Hall–Kier alpha value is -1.46. The molecule has 1 aromatic carbocycles. The Balaban J connectivity index is 1.79. The summed E-state index contributed by atoms with van der Waals surface area (Å²) in [4.78, 5) is 12.3. The highest BCUT2D eigenvalue weighted by atomic mass is 32.2. The maximum Gasteiger partial charge on any atom is 0.349 e. The van der Waals surface area contributed by atoms with Gasteiger partial charge in [0.15, 0.2) is 4.88 Å². The Bertz CT molecular complexity index is 508. The van der Waals surface area contributed by atoms with Crippen LogP contribution in [0.2, 0.25) is 0 Å². The number of hydrogen-bond donors (Lipinski definition) is 1. The lowest BCUT2D eigenvalue weighted by atomic mass is 10.4. The van der Waals surface area contributed by atoms with E-state index in [2.05, 4.69) is 0 Å². The fourth-order valence-electron chi connectivity index (χ4n) is 1.39. The lowest BCUT2D eigenvalue weighted by Gasteiger charge is -2.05. The van der Waals surface area contributed by atoms with Crippen molar-refractivity contribution in [3.05, 3.63) is 46.7 Å². The van der Waals surface area contributed by atoms with Gasteiger partial charge in [-0.1, -0.05) is 18.2 Å². The van der Waals surface area contributed by atoms with Crippen LogP contribution in [0, 0.1) is 0 Å². The van der Waals surface area contributed by atoms with Crippen LogP contribution in [0.4, 0.5) is 0 Å². The molecular formula is C13H12O3S2. The molecule has 1 N–H and O–H groups in total. The molecule has 94 valence electrons. The van der Waals surface area contributed by atoms with Crippen molar-refractivity contribution < 1.29 is 14.6 Å². The zero-order valence-electron chi connectivity index (χ0n) is 9.54. The molecule has 0 amide bonds. The van der Waals surface area contributed by atoms with Crippen LogP contribution in [-0.4, -0.2) is 23.4 Å². The molecule has 0 saturated heterocycles. The molecule has 0 spiro atoms. The van der Waals surface area contributed by atoms with Gasteiger partial charge in [-0.2, -0.15) is 0 Å². The standard InChI is InChI=1S/C13H12O3S2/c14-13(15)12-11(6-8-18-12)16-7-9-17-10-4-2-1-3-5-10/h1-6,8H,7,9H2,(H,14,15). The summed E-state index contributed by atoms with van der Waals surface area (Å²) in [5.74, 6) is 0.315. The van der Waals surface area contributed by atoms with E-state index < -0.39 is 5.97 Å². The minimum Gasteiger partial charge on any atom is -0.491 e. The smallest absolute Gasteiger partial charge is 0.349 e. The summed E-state index contributed by atoms with van der Waals surface area (Å²) < 4.78 is 5.47. The molecule has 2 rings (SSSR count). The fourth-order valence-corrected chi connectivity index (χ4v) is 2.82. The first-order valence-electron chi connectivity index (χ1n) is 5.39. The van der Waals surface area contributed by atoms with Crippen LogP contribution >= 0.6 is 23.1 Å². The van der Waals surface area contributed by atoms with Gasteiger partial charge < -0.3 is 9.84 Å². The quantitative estimate of drug-likeness (QED) is 0.648. The van der Waals surface area contributed by atoms with Crippen molar-refractivity contribution in [1.29, 1.82) is 0 Å². The number of aromatic carboxylic acids is 1. The SMILES string of the molecule is O=C(O)c1sccc1OCCSc1ccccc1. The second-order valence-corrected chi connectivity index (χ2v) is 5.51. The van der Waals surface area contributed by atoms with Crippen molar-refractivity contribution in [3.8, 4) is 5.75 Å². The van der Waals surface area contributed by atoms with Crippen LogP contribution in [0.5, 0.6) is 5.75 Å². The van der Waals surface area contributed by atoms with Crippen LogP contribution in [0.15, 0.2) is 46.7 Å². The number of carboxylic acid groups (broad SMARTS) is 1. The van der Waals surface area contributed by atoms with E-state index in [9.17, 15) is 4.79 Å². The lowest BCUT2D eigenvalue weighted by molar-refractivity contribution is 0.0698. The van der Waals surface area contributed by atoms with Crippen LogP contribution in [0.1, 0.15) is 9.67 Å². The normalized spacial score (nSPS) is 10.2. The summed E-state index contributed by atoms with van der Waals surface area (Å²) in [6, 6.07) is 11.7. The number of carboxylic acids is 1. The van der Waals surface area contributed by atoms with Crippen LogP contribution in [-0.2, 0) is 0 Å². The van der Waals surface area contributed by atoms with E-state index in [1.807, 2.05) is 30.3 Å². The summed E-state index contributed by atoms with van der Waals surface area (Å²) in [7, 11) is 0. The molecule has 0 aliphatic rings. The maximum atomic E-state index is 10.9. The first-order chi connectivity index (χ1) is 8.77. The third kappa shape index (κ3) is 3.51. The van der Waals surface area contributed by atoms with Crippen LogP contribution < -0.4 is 4.74 Å². The highest BCUT2D eigenvalue weighted by Gasteiger charge is 2.12. The average molecular weight is 280 g/mol. The van der Waals surface area contributed by atoms with E-state index in [1.54, 1.807) is 23.2 Å². The maximum absolute atomic E-state index is 10.9. The molecule has 0 saturated carbocycles.